The van der Waals surface area contributed by atoms with Crippen LogP contribution in [0.1, 0.15) is 27.4 Å². The van der Waals surface area contributed by atoms with Crippen LogP contribution in [0.2, 0.25) is 5.02 Å². The quantitative estimate of drug-likeness (QED) is 0.892. The van der Waals surface area contributed by atoms with Crippen LogP contribution >= 0.6 is 11.6 Å². The maximum atomic E-state index is 13.3. The average Bonchev–Trinajstić information content (AvgIpc) is 2.44. The number of carbonyl (C=O) groups excluding carboxylic acids is 1. The molecule has 2 aromatic carbocycles. The highest BCUT2D eigenvalue weighted by Crippen LogP contribution is 2.26. The molecule has 0 aromatic heterocycles. The van der Waals surface area contributed by atoms with E-state index >= 15 is 0 Å². The fourth-order valence-corrected chi connectivity index (χ4v) is 2.54. The highest BCUT2D eigenvalue weighted by molar-refractivity contribution is 6.30. The molecular weight excluding hydrogens is 291 g/mol. The summed E-state index contributed by atoms with van der Waals surface area (Å²) in [6.45, 7) is 0.303. The van der Waals surface area contributed by atoms with E-state index < -0.39 is 5.91 Å². The van der Waals surface area contributed by atoms with Crippen LogP contribution in [-0.4, -0.2) is 12.5 Å². The Morgan fingerprint density at radius 2 is 2.00 bits per heavy atom. The first-order valence-electron chi connectivity index (χ1n) is 6.55. The highest BCUT2D eigenvalue weighted by atomic mass is 35.5. The van der Waals surface area contributed by atoms with E-state index in [1.54, 1.807) is 24.3 Å². The Kier molecular flexibility index (Phi) is 4.94. The predicted molar refractivity (Wildman–Crippen MR) is 81.9 cm³/mol. The summed E-state index contributed by atoms with van der Waals surface area (Å²) in [7, 11) is 0. The molecule has 0 aliphatic heterocycles. The zero-order chi connectivity index (χ0) is 15.4. The first-order chi connectivity index (χ1) is 10.0. The van der Waals surface area contributed by atoms with E-state index in [2.05, 4.69) is 0 Å². The number of benzene rings is 2. The van der Waals surface area contributed by atoms with Crippen LogP contribution in [0.25, 0.3) is 0 Å². The zero-order valence-electron chi connectivity index (χ0n) is 11.4. The smallest absolute Gasteiger partial charge is 0.248 e. The molecule has 4 N–H and O–H groups in total. The van der Waals surface area contributed by atoms with Crippen molar-refractivity contribution in [2.45, 2.75) is 12.3 Å². The highest BCUT2D eigenvalue weighted by Gasteiger charge is 2.18. The van der Waals surface area contributed by atoms with Crippen LogP contribution < -0.4 is 11.5 Å². The lowest BCUT2D eigenvalue weighted by molar-refractivity contribution is 0.0999. The third kappa shape index (κ3) is 3.80. The molecule has 1 atom stereocenters. The van der Waals surface area contributed by atoms with Crippen molar-refractivity contribution in [3.63, 3.8) is 0 Å². The summed E-state index contributed by atoms with van der Waals surface area (Å²) >= 11 is 6.00. The van der Waals surface area contributed by atoms with Crippen molar-refractivity contribution < 1.29 is 9.18 Å². The summed E-state index contributed by atoms with van der Waals surface area (Å²) < 4.78 is 13.3. The number of hydrogen-bond acceptors (Lipinski definition) is 2. The van der Waals surface area contributed by atoms with Gasteiger partial charge >= 0.3 is 0 Å². The molecule has 0 spiro atoms. The van der Waals surface area contributed by atoms with Crippen LogP contribution in [0.15, 0.2) is 42.5 Å². The molecule has 0 saturated carbocycles. The maximum Gasteiger partial charge on any atom is 0.248 e. The van der Waals surface area contributed by atoms with Crippen LogP contribution in [-0.2, 0) is 6.42 Å². The molecule has 1 amide bonds. The molecule has 2 rings (SSSR count). The first-order valence-corrected chi connectivity index (χ1v) is 6.93. The standard InChI is InChI=1S/C16H16ClFN2O/c17-12-4-5-14(16(20)21)15(8-12)11(9-19)6-10-2-1-3-13(18)7-10/h1-5,7-8,11H,6,9,19H2,(H2,20,21)/t11-/m1/s1. The summed E-state index contributed by atoms with van der Waals surface area (Å²) in [4.78, 5) is 11.5. The third-order valence-corrected chi connectivity index (χ3v) is 3.61. The Morgan fingerprint density at radius 3 is 2.62 bits per heavy atom. The number of primary amides is 1. The number of rotatable bonds is 5. The molecule has 0 aliphatic carbocycles. The number of carbonyl (C=O) groups is 1. The van der Waals surface area contributed by atoms with Gasteiger partial charge in [0.05, 0.1) is 0 Å². The Morgan fingerprint density at radius 1 is 1.24 bits per heavy atom. The third-order valence-electron chi connectivity index (χ3n) is 3.37. The lowest BCUT2D eigenvalue weighted by Crippen LogP contribution is -2.21. The normalized spacial score (nSPS) is 12.1. The molecule has 2 aromatic rings. The molecule has 21 heavy (non-hydrogen) atoms. The van der Waals surface area contributed by atoms with Gasteiger partial charge in [0.15, 0.2) is 0 Å². The minimum atomic E-state index is -0.528. The van der Waals surface area contributed by atoms with Crippen molar-refractivity contribution in [1.82, 2.24) is 0 Å². The minimum Gasteiger partial charge on any atom is -0.366 e. The van der Waals surface area contributed by atoms with Crippen molar-refractivity contribution in [2.75, 3.05) is 6.54 Å². The topological polar surface area (TPSA) is 69.1 Å². The van der Waals surface area contributed by atoms with Gasteiger partial charge < -0.3 is 11.5 Å². The van der Waals surface area contributed by atoms with E-state index in [-0.39, 0.29) is 11.7 Å². The maximum absolute atomic E-state index is 13.3. The second-order valence-corrected chi connectivity index (χ2v) is 5.30. The molecule has 0 bridgehead atoms. The Bertz CT molecular complexity index is 660. The van der Waals surface area contributed by atoms with Gasteiger partial charge in [0, 0.05) is 16.5 Å². The van der Waals surface area contributed by atoms with Gasteiger partial charge in [-0.1, -0.05) is 23.7 Å². The second kappa shape index (κ2) is 6.70. The first kappa shape index (κ1) is 15.5. The summed E-state index contributed by atoms with van der Waals surface area (Å²) in [6, 6.07) is 11.2. The van der Waals surface area contributed by atoms with E-state index in [1.807, 2.05) is 6.07 Å². The molecule has 0 fully saturated rings. The van der Waals surface area contributed by atoms with E-state index in [4.69, 9.17) is 23.1 Å². The monoisotopic (exact) mass is 306 g/mol. The molecule has 0 unspecified atom stereocenters. The van der Waals surface area contributed by atoms with Crippen LogP contribution in [0.3, 0.4) is 0 Å². The minimum absolute atomic E-state index is 0.159. The summed E-state index contributed by atoms with van der Waals surface area (Å²) in [5, 5.41) is 0.507. The van der Waals surface area contributed by atoms with E-state index in [0.29, 0.717) is 29.1 Å². The van der Waals surface area contributed by atoms with E-state index in [0.717, 1.165) is 5.56 Å². The zero-order valence-corrected chi connectivity index (χ0v) is 12.1. The summed E-state index contributed by atoms with van der Waals surface area (Å²) in [6.07, 6.45) is 0.509. The molecule has 0 heterocycles. The lowest BCUT2D eigenvalue weighted by atomic mass is 9.88. The van der Waals surface area contributed by atoms with Crippen molar-refractivity contribution >= 4 is 17.5 Å². The largest absolute Gasteiger partial charge is 0.366 e. The van der Waals surface area contributed by atoms with Gasteiger partial charge in [0.1, 0.15) is 5.82 Å². The van der Waals surface area contributed by atoms with E-state index in [1.165, 1.54) is 12.1 Å². The fourth-order valence-electron chi connectivity index (χ4n) is 2.36. The van der Waals surface area contributed by atoms with Gasteiger partial charge in [-0.25, -0.2) is 4.39 Å². The van der Waals surface area contributed by atoms with Gasteiger partial charge in [0.2, 0.25) is 5.91 Å². The van der Waals surface area contributed by atoms with Crippen LogP contribution in [0.4, 0.5) is 4.39 Å². The Hall–Kier alpha value is -1.91. The molecular formula is C16H16ClFN2O. The van der Waals surface area contributed by atoms with Crippen molar-refractivity contribution in [3.05, 3.63) is 70.0 Å². The number of nitrogens with two attached hydrogens (primary N) is 2. The molecule has 110 valence electrons. The molecule has 0 aliphatic rings. The van der Waals surface area contributed by atoms with Gasteiger partial charge in [0.25, 0.3) is 0 Å². The lowest BCUT2D eigenvalue weighted by Gasteiger charge is -2.18. The SMILES string of the molecule is NC[C@@H](Cc1cccc(F)c1)c1cc(Cl)ccc1C(N)=O. The molecule has 0 radical (unpaired) electrons. The van der Waals surface area contributed by atoms with E-state index in [9.17, 15) is 9.18 Å². The van der Waals surface area contributed by atoms with Gasteiger partial charge in [-0.15, -0.1) is 0 Å². The second-order valence-electron chi connectivity index (χ2n) is 4.86. The van der Waals surface area contributed by atoms with Crippen molar-refractivity contribution in [3.8, 4) is 0 Å². The van der Waals surface area contributed by atoms with Gasteiger partial charge in [-0.05, 0) is 54.4 Å². The predicted octanol–water partition coefficient (Wildman–Crippen LogP) is 2.86. The average molecular weight is 307 g/mol. The van der Waals surface area contributed by atoms with Crippen molar-refractivity contribution in [1.29, 1.82) is 0 Å². The van der Waals surface area contributed by atoms with Gasteiger partial charge in [-0.2, -0.15) is 0 Å². The Balaban J connectivity index is 2.37. The molecule has 0 saturated heterocycles. The number of hydrogen-bond donors (Lipinski definition) is 2. The number of halogens is 2. The summed E-state index contributed by atoms with van der Waals surface area (Å²) in [5.41, 5.74) is 13.1. The Labute approximate surface area is 127 Å². The van der Waals surface area contributed by atoms with Crippen molar-refractivity contribution in [2.24, 2.45) is 11.5 Å². The molecule has 3 nitrogen and oxygen atoms in total. The summed E-state index contributed by atoms with van der Waals surface area (Å²) in [5.74, 6) is -0.989. The van der Waals surface area contributed by atoms with Crippen LogP contribution in [0.5, 0.6) is 0 Å². The fraction of sp³-hybridized carbons (Fsp3) is 0.188. The molecule has 5 heteroatoms. The van der Waals surface area contributed by atoms with Crippen LogP contribution in [0, 0.1) is 5.82 Å². The van der Waals surface area contributed by atoms with Gasteiger partial charge in [-0.3, -0.25) is 4.79 Å². The number of amides is 1.